The maximum atomic E-state index is 12.2. The molecule has 3 rings (SSSR count). The van der Waals surface area contributed by atoms with Crippen LogP contribution in [0.5, 0.6) is 5.75 Å². The molecule has 0 aliphatic carbocycles. The van der Waals surface area contributed by atoms with Crippen LogP contribution < -0.4 is 10.1 Å². The predicted octanol–water partition coefficient (Wildman–Crippen LogP) is 3.20. The van der Waals surface area contributed by atoms with Gasteiger partial charge in [-0.3, -0.25) is 9.48 Å². The van der Waals surface area contributed by atoms with Crippen LogP contribution in [0, 0.1) is 6.92 Å². The number of carbonyl (C=O) groups excluding carboxylic acids is 1. The van der Waals surface area contributed by atoms with Crippen molar-refractivity contribution in [3.8, 4) is 5.75 Å². The number of aromatic nitrogens is 4. The van der Waals surface area contributed by atoms with E-state index in [1.807, 2.05) is 20.2 Å². The monoisotopic (exact) mass is 393 g/mol. The van der Waals surface area contributed by atoms with Crippen LogP contribution in [0.15, 0.2) is 36.7 Å². The molecule has 9 heteroatoms. The highest BCUT2D eigenvalue weighted by molar-refractivity contribution is 6.37. The van der Waals surface area contributed by atoms with Gasteiger partial charge in [0.2, 0.25) is 0 Å². The van der Waals surface area contributed by atoms with E-state index in [4.69, 9.17) is 27.9 Å². The number of rotatable bonds is 6. The Balaban J connectivity index is 1.58. The number of amides is 1. The summed E-state index contributed by atoms with van der Waals surface area (Å²) in [6, 6.07) is 6.72. The molecule has 0 fully saturated rings. The summed E-state index contributed by atoms with van der Waals surface area (Å²) in [6.07, 6.45) is 3.52. The number of halogens is 2. The lowest BCUT2D eigenvalue weighted by Crippen LogP contribution is -2.23. The lowest BCUT2D eigenvalue weighted by atomic mass is 10.2. The summed E-state index contributed by atoms with van der Waals surface area (Å²) >= 11 is 12.1. The first-order valence-corrected chi connectivity index (χ1v) is 8.57. The first-order valence-electron chi connectivity index (χ1n) is 7.81. The van der Waals surface area contributed by atoms with Gasteiger partial charge in [0.1, 0.15) is 5.69 Å². The molecule has 0 radical (unpaired) electrons. The fourth-order valence-electron chi connectivity index (χ4n) is 2.39. The van der Waals surface area contributed by atoms with Crippen molar-refractivity contribution in [3.63, 3.8) is 0 Å². The highest BCUT2D eigenvalue weighted by Crippen LogP contribution is 2.32. The molecule has 1 amide bonds. The lowest BCUT2D eigenvalue weighted by molar-refractivity contribution is 0.0944. The molecule has 7 nitrogen and oxygen atoms in total. The predicted molar refractivity (Wildman–Crippen MR) is 98.4 cm³/mol. The average Bonchev–Trinajstić information content (AvgIpc) is 3.18. The standard InChI is InChI=1S/C17H17Cl2N5O2/c1-11-12(9-23(2)21-11)8-20-17(25)15-6-7-24(22-15)10-26-16-13(18)4-3-5-14(16)19/h3-7,9H,8,10H2,1-2H3,(H,20,25). The smallest absolute Gasteiger partial charge is 0.272 e. The van der Waals surface area contributed by atoms with Crippen molar-refractivity contribution in [3.05, 3.63) is 63.7 Å². The maximum Gasteiger partial charge on any atom is 0.272 e. The van der Waals surface area contributed by atoms with Gasteiger partial charge >= 0.3 is 0 Å². The van der Waals surface area contributed by atoms with Crippen LogP contribution in [0.4, 0.5) is 0 Å². The van der Waals surface area contributed by atoms with Gasteiger partial charge in [-0.25, -0.2) is 4.68 Å². The third-order valence-corrected chi connectivity index (χ3v) is 4.28. The minimum atomic E-state index is -0.275. The van der Waals surface area contributed by atoms with Gasteiger partial charge in [-0.05, 0) is 25.1 Å². The van der Waals surface area contributed by atoms with Gasteiger partial charge in [-0.2, -0.15) is 10.2 Å². The molecule has 0 unspecified atom stereocenters. The van der Waals surface area contributed by atoms with Crippen LogP contribution in [0.3, 0.4) is 0 Å². The quantitative estimate of drug-likeness (QED) is 0.697. The Labute approximate surface area is 160 Å². The first kappa shape index (κ1) is 18.3. The third-order valence-electron chi connectivity index (χ3n) is 3.69. The fourth-order valence-corrected chi connectivity index (χ4v) is 2.90. The summed E-state index contributed by atoms with van der Waals surface area (Å²) in [7, 11) is 1.84. The number of nitrogens with zero attached hydrogens (tertiary/aromatic N) is 4. The van der Waals surface area contributed by atoms with E-state index in [1.54, 1.807) is 35.1 Å². The van der Waals surface area contributed by atoms with Gasteiger partial charge in [0.05, 0.1) is 15.7 Å². The molecular weight excluding hydrogens is 377 g/mol. The summed E-state index contributed by atoms with van der Waals surface area (Å²) < 4.78 is 8.79. The zero-order chi connectivity index (χ0) is 18.7. The molecule has 3 aromatic rings. The van der Waals surface area contributed by atoms with Gasteiger partial charge in [0.25, 0.3) is 5.91 Å². The van der Waals surface area contributed by atoms with Crippen LogP contribution >= 0.6 is 23.2 Å². The fraction of sp³-hybridized carbons (Fsp3) is 0.235. The van der Waals surface area contributed by atoms with Gasteiger partial charge in [-0.15, -0.1) is 0 Å². The molecule has 0 saturated carbocycles. The second kappa shape index (κ2) is 7.80. The molecular formula is C17H17Cl2N5O2. The summed E-state index contributed by atoms with van der Waals surface area (Å²) in [5.74, 6) is 0.104. The molecule has 26 heavy (non-hydrogen) atoms. The summed E-state index contributed by atoms with van der Waals surface area (Å²) in [4.78, 5) is 12.2. The number of hydrogen-bond acceptors (Lipinski definition) is 4. The van der Waals surface area contributed by atoms with Crippen molar-refractivity contribution in [1.82, 2.24) is 24.9 Å². The van der Waals surface area contributed by atoms with Crippen molar-refractivity contribution in [2.45, 2.75) is 20.2 Å². The van der Waals surface area contributed by atoms with E-state index in [9.17, 15) is 4.79 Å². The van der Waals surface area contributed by atoms with Crippen LogP contribution in [0.2, 0.25) is 10.0 Å². The van der Waals surface area contributed by atoms with Crippen LogP contribution in [0.1, 0.15) is 21.7 Å². The van der Waals surface area contributed by atoms with E-state index in [0.29, 0.717) is 28.0 Å². The molecule has 2 aromatic heterocycles. The van der Waals surface area contributed by atoms with E-state index >= 15 is 0 Å². The van der Waals surface area contributed by atoms with Crippen molar-refractivity contribution < 1.29 is 9.53 Å². The van der Waals surface area contributed by atoms with E-state index in [2.05, 4.69) is 15.5 Å². The number of benzene rings is 1. The van der Waals surface area contributed by atoms with E-state index in [0.717, 1.165) is 11.3 Å². The minimum absolute atomic E-state index is 0.0818. The van der Waals surface area contributed by atoms with Crippen LogP contribution in [0.25, 0.3) is 0 Å². The van der Waals surface area contributed by atoms with E-state index in [-0.39, 0.29) is 12.6 Å². The largest absolute Gasteiger partial charge is 0.468 e. The first-order chi connectivity index (χ1) is 12.4. The summed E-state index contributed by atoms with van der Waals surface area (Å²) in [5, 5.41) is 12.1. The number of para-hydroxylation sites is 1. The summed E-state index contributed by atoms with van der Waals surface area (Å²) in [5.41, 5.74) is 2.13. The Morgan fingerprint density at radius 3 is 2.62 bits per heavy atom. The molecule has 0 saturated heterocycles. The second-order valence-corrected chi connectivity index (χ2v) is 6.48. The Morgan fingerprint density at radius 2 is 1.96 bits per heavy atom. The number of hydrogen-bond donors (Lipinski definition) is 1. The molecule has 0 aliphatic heterocycles. The molecule has 0 bridgehead atoms. The average molecular weight is 394 g/mol. The van der Waals surface area contributed by atoms with Gasteiger partial charge in [-0.1, -0.05) is 29.3 Å². The topological polar surface area (TPSA) is 74.0 Å². The van der Waals surface area contributed by atoms with Crippen LogP contribution in [-0.2, 0) is 20.3 Å². The molecule has 0 aliphatic rings. The maximum absolute atomic E-state index is 12.2. The molecule has 2 heterocycles. The molecule has 1 N–H and O–H groups in total. The number of nitrogens with one attached hydrogen (secondary N) is 1. The second-order valence-electron chi connectivity index (χ2n) is 5.66. The van der Waals surface area contributed by atoms with Crippen molar-refractivity contribution in [1.29, 1.82) is 0 Å². The van der Waals surface area contributed by atoms with Crippen molar-refractivity contribution in [2.24, 2.45) is 7.05 Å². The Kier molecular flexibility index (Phi) is 5.49. The number of aryl methyl sites for hydroxylation is 2. The zero-order valence-electron chi connectivity index (χ0n) is 14.2. The van der Waals surface area contributed by atoms with Crippen LogP contribution in [-0.4, -0.2) is 25.5 Å². The van der Waals surface area contributed by atoms with Crippen molar-refractivity contribution >= 4 is 29.1 Å². The van der Waals surface area contributed by atoms with Gasteiger partial charge in [0, 0.05) is 31.5 Å². The Bertz CT molecular complexity index is 915. The summed E-state index contributed by atoms with van der Waals surface area (Å²) in [6.45, 7) is 2.36. The van der Waals surface area contributed by atoms with E-state index < -0.39 is 0 Å². The molecule has 0 atom stereocenters. The minimum Gasteiger partial charge on any atom is -0.468 e. The lowest BCUT2D eigenvalue weighted by Gasteiger charge is -2.09. The number of carbonyl (C=O) groups is 1. The van der Waals surface area contributed by atoms with Gasteiger partial charge in [0.15, 0.2) is 12.5 Å². The normalized spacial score (nSPS) is 10.8. The van der Waals surface area contributed by atoms with Gasteiger partial charge < -0.3 is 10.1 Å². The Morgan fingerprint density at radius 1 is 1.23 bits per heavy atom. The van der Waals surface area contributed by atoms with E-state index in [1.165, 1.54) is 4.68 Å². The van der Waals surface area contributed by atoms with Crippen molar-refractivity contribution in [2.75, 3.05) is 0 Å². The zero-order valence-corrected chi connectivity index (χ0v) is 15.8. The number of ether oxygens (including phenoxy) is 1. The third kappa shape index (κ3) is 4.17. The molecule has 0 spiro atoms. The Hall–Kier alpha value is -2.51. The molecule has 1 aromatic carbocycles. The SMILES string of the molecule is Cc1nn(C)cc1CNC(=O)c1ccn(COc2c(Cl)cccc2Cl)n1. The highest BCUT2D eigenvalue weighted by Gasteiger charge is 2.12. The molecule has 136 valence electrons. The highest BCUT2D eigenvalue weighted by atomic mass is 35.5.